The van der Waals surface area contributed by atoms with Gasteiger partial charge in [-0.2, -0.15) is 4.58 Å². The van der Waals surface area contributed by atoms with Crippen LogP contribution in [0.2, 0.25) is 0 Å². The van der Waals surface area contributed by atoms with E-state index in [1.165, 1.54) is 61.0 Å². The first-order chi connectivity index (χ1) is 22.7. The van der Waals surface area contributed by atoms with Gasteiger partial charge in [-0.1, -0.05) is 115 Å². The molecule has 0 atom stereocenters. The maximum absolute atomic E-state index is 9.87. The zero-order chi connectivity index (χ0) is 33.2. The van der Waals surface area contributed by atoms with E-state index in [0.717, 1.165) is 51.6 Å². The van der Waals surface area contributed by atoms with Crippen molar-refractivity contribution in [3.63, 3.8) is 0 Å². The minimum atomic E-state index is -0.131. The van der Waals surface area contributed by atoms with Crippen molar-refractivity contribution in [2.45, 2.75) is 98.3 Å². The number of aliphatic hydroxyl groups is 1. The first-order valence-corrected chi connectivity index (χ1v) is 17.9. The number of hydrogen-bond acceptors (Lipinski definition) is 2. The van der Waals surface area contributed by atoms with Gasteiger partial charge in [-0.3, -0.25) is 0 Å². The van der Waals surface area contributed by atoms with Gasteiger partial charge in [0, 0.05) is 54.1 Å². The fourth-order valence-electron chi connectivity index (χ4n) is 8.06. The summed E-state index contributed by atoms with van der Waals surface area (Å²) in [7, 11) is 0. The van der Waals surface area contributed by atoms with Crippen molar-refractivity contribution in [2.75, 3.05) is 24.6 Å². The third-order valence-electron chi connectivity index (χ3n) is 10.5. The van der Waals surface area contributed by atoms with Gasteiger partial charge in [-0.05, 0) is 84.0 Å². The van der Waals surface area contributed by atoms with Crippen molar-refractivity contribution in [3.05, 3.63) is 119 Å². The summed E-state index contributed by atoms with van der Waals surface area (Å²) in [6, 6.07) is 26.9. The van der Waals surface area contributed by atoms with Gasteiger partial charge in [0.05, 0.1) is 5.41 Å². The maximum Gasteiger partial charge on any atom is 0.210 e. The van der Waals surface area contributed by atoms with Crippen LogP contribution < -0.4 is 4.90 Å². The second-order valence-electron chi connectivity index (χ2n) is 14.5. The lowest BCUT2D eigenvalue weighted by Gasteiger charge is -2.27. The highest BCUT2D eigenvalue weighted by Gasteiger charge is 2.45. The predicted octanol–water partition coefficient (Wildman–Crippen LogP) is 11.5. The van der Waals surface area contributed by atoms with Crippen molar-refractivity contribution in [1.29, 1.82) is 0 Å². The van der Waals surface area contributed by atoms with E-state index in [2.05, 4.69) is 148 Å². The molecule has 0 radical (unpaired) electrons. The molecule has 2 heterocycles. The largest absolute Gasteiger partial charge is 0.396 e. The lowest BCUT2D eigenvalue weighted by Crippen LogP contribution is -2.28. The number of aliphatic hydroxyl groups excluding tert-OH is 1. The van der Waals surface area contributed by atoms with Crippen LogP contribution in [0.1, 0.15) is 98.6 Å². The third-order valence-corrected chi connectivity index (χ3v) is 10.5. The molecular formula is C45H57N2O+. The Morgan fingerprint density at radius 2 is 1.42 bits per heavy atom. The highest BCUT2D eigenvalue weighted by Crippen LogP contribution is 2.51. The lowest BCUT2D eigenvalue weighted by atomic mass is 9.79. The number of fused-ring (bicyclic) bond motifs is 6. The number of rotatable bonds is 12. The Balaban J connectivity index is 0.00000451. The molecular weight excluding hydrogens is 585 g/mol. The molecule has 6 rings (SSSR count). The Morgan fingerprint density at radius 3 is 2.08 bits per heavy atom. The van der Waals surface area contributed by atoms with E-state index in [0.29, 0.717) is 0 Å². The van der Waals surface area contributed by atoms with Gasteiger partial charge in [-0.25, -0.2) is 0 Å². The predicted molar refractivity (Wildman–Crippen MR) is 209 cm³/mol. The van der Waals surface area contributed by atoms with Crippen LogP contribution >= 0.6 is 0 Å². The monoisotopic (exact) mass is 641 g/mol. The topological polar surface area (TPSA) is 26.5 Å². The van der Waals surface area contributed by atoms with Crippen LogP contribution in [-0.2, 0) is 10.8 Å². The van der Waals surface area contributed by atoms with Crippen LogP contribution in [0.4, 0.5) is 11.4 Å². The summed E-state index contributed by atoms with van der Waals surface area (Å²) in [5.41, 5.74) is 9.23. The minimum Gasteiger partial charge on any atom is -0.396 e. The van der Waals surface area contributed by atoms with Crippen molar-refractivity contribution in [2.24, 2.45) is 0 Å². The molecule has 4 aromatic carbocycles. The molecule has 0 bridgehead atoms. The molecule has 252 valence electrons. The van der Waals surface area contributed by atoms with Crippen LogP contribution in [0.5, 0.6) is 0 Å². The van der Waals surface area contributed by atoms with Crippen molar-refractivity contribution >= 4 is 38.6 Å². The number of unbranched alkanes of at least 4 members (excludes halogenated alkanes) is 2. The van der Waals surface area contributed by atoms with Crippen LogP contribution in [0.25, 0.3) is 21.5 Å². The van der Waals surface area contributed by atoms with Gasteiger partial charge in [0.15, 0.2) is 5.71 Å². The van der Waals surface area contributed by atoms with Crippen LogP contribution in [-0.4, -0.2) is 35.1 Å². The van der Waals surface area contributed by atoms with Gasteiger partial charge in [0.25, 0.3) is 0 Å². The van der Waals surface area contributed by atoms with Crippen LogP contribution in [0, 0.1) is 0 Å². The molecule has 0 saturated heterocycles. The van der Waals surface area contributed by atoms with Crippen molar-refractivity contribution < 1.29 is 9.68 Å². The molecule has 48 heavy (non-hydrogen) atoms. The molecule has 1 N–H and O–H groups in total. The molecule has 0 fully saturated rings. The Kier molecular flexibility index (Phi) is 10.8. The van der Waals surface area contributed by atoms with Gasteiger partial charge in [0.2, 0.25) is 5.69 Å². The zero-order valence-corrected chi connectivity index (χ0v) is 29.4. The fourth-order valence-corrected chi connectivity index (χ4v) is 8.06. The average molecular weight is 642 g/mol. The summed E-state index contributed by atoms with van der Waals surface area (Å²) < 4.78 is 2.57. The Labute approximate surface area is 290 Å². The van der Waals surface area contributed by atoms with E-state index in [4.69, 9.17) is 0 Å². The smallest absolute Gasteiger partial charge is 0.210 e. The highest BCUT2D eigenvalue weighted by atomic mass is 16.2. The van der Waals surface area contributed by atoms with E-state index < -0.39 is 0 Å². The summed E-state index contributed by atoms with van der Waals surface area (Å²) >= 11 is 0. The molecule has 0 amide bonds. The second kappa shape index (κ2) is 14.7. The second-order valence-corrected chi connectivity index (χ2v) is 14.5. The van der Waals surface area contributed by atoms with Crippen molar-refractivity contribution in [3.8, 4) is 0 Å². The van der Waals surface area contributed by atoms with Crippen LogP contribution in [0.15, 0.2) is 108 Å². The minimum absolute atomic E-state index is 0. The summed E-state index contributed by atoms with van der Waals surface area (Å²) in [6.45, 7) is 16.3. The SMILES string of the molecule is C.CCCCN1\C(=C/C=C(/C=C/C2=[N+](CCCC)c3ccc4ccccc4c3C2(C)C)CCCO)C(C)(C)c2c1ccc1ccccc21. The standard InChI is InChI=1S/C44H53N2O.CH4/c1-7-9-29-45-37-25-23-33-17-11-13-19-35(33)41(37)43(3,4)39(45)27-21-32(16-15-31-47)22-28-40-44(5,6)42-36-20-14-12-18-34(36)24-26-38(42)46(40)30-10-8-2;/h11-14,17-28,47H,7-10,15-16,29-31H2,1-6H3;1H4/q+1;. The number of benzene rings is 4. The molecule has 2 aliphatic rings. The average Bonchev–Trinajstić information content (AvgIpc) is 3.44. The molecule has 4 aromatic rings. The first-order valence-electron chi connectivity index (χ1n) is 17.9. The van der Waals surface area contributed by atoms with Crippen LogP contribution in [0.3, 0.4) is 0 Å². The third kappa shape index (κ3) is 6.30. The quantitative estimate of drug-likeness (QED) is 0.123. The highest BCUT2D eigenvalue weighted by molar-refractivity contribution is 6.07. The molecule has 0 unspecified atom stereocenters. The van der Waals surface area contributed by atoms with E-state index in [9.17, 15) is 5.11 Å². The number of anilines is 1. The molecule has 0 aromatic heterocycles. The van der Waals surface area contributed by atoms with Gasteiger partial charge in [-0.15, -0.1) is 0 Å². The summed E-state index contributed by atoms with van der Waals surface area (Å²) in [5.74, 6) is 0. The van der Waals surface area contributed by atoms with E-state index in [1.807, 2.05) is 0 Å². The number of allylic oxidation sites excluding steroid dienone is 6. The molecule has 0 saturated carbocycles. The number of hydrogen-bond donors (Lipinski definition) is 1. The fraction of sp³-hybridized carbons (Fsp3) is 0.400. The lowest BCUT2D eigenvalue weighted by molar-refractivity contribution is -0.438. The normalized spacial score (nSPS) is 17.5. The Morgan fingerprint density at radius 1 is 0.771 bits per heavy atom. The molecule has 3 nitrogen and oxygen atoms in total. The van der Waals surface area contributed by atoms with E-state index in [-0.39, 0.29) is 24.9 Å². The molecule has 2 aliphatic heterocycles. The first kappa shape index (κ1) is 35.4. The van der Waals surface area contributed by atoms with Gasteiger partial charge >= 0.3 is 0 Å². The van der Waals surface area contributed by atoms with Gasteiger partial charge < -0.3 is 10.0 Å². The number of nitrogens with zero attached hydrogens (tertiary/aromatic N) is 2. The van der Waals surface area contributed by atoms with E-state index in [1.54, 1.807) is 0 Å². The summed E-state index contributed by atoms with van der Waals surface area (Å²) in [5, 5.41) is 15.2. The van der Waals surface area contributed by atoms with Crippen molar-refractivity contribution in [1.82, 2.24) is 0 Å². The maximum atomic E-state index is 9.87. The molecule has 0 spiro atoms. The molecule has 3 heteroatoms. The summed E-state index contributed by atoms with van der Waals surface area (Å²) in [4.78, 5) is 2.57. The molecule has 0 aliphatic carbocycles. The Bertz CT molecular complexity index is 1900. The summed E-state index contributed by atoms with van der Waals surface area (Å²) in [6.07, 6.45) is 15.6. The zero-order valence-electron chi connectivity index (χ0n) is 29.4. The van der Waals surface area contributed by atoms with Gasteiger partial charge in [0.1, 0.15) is 6.54 Å². The van der Waals surface area contributed by atoms with E-state index >= 15 is 0 Å². The Hall–Kier alpha value is -3.95.